The minimum absolute atomic E-state index is 0.415. The molecule has 3 rings (SSSR count). The minimum atomic E-state index is -3.44. The van der Waals surface area contributed by atoms with E-state index in [2.05, 4.69) is 28.4 Å². The van der Waals surface area contributed by atoms with E-state index in [4.69, 9.17) is 0 Å². The van der Waals surface area contributed by atoms with E-state index < -0.39 is 10.0 Å². The SMILES string of the molecule is CCN(CC)CCCNS(=O)(=O)c1ccc2c(c1)CN(CC1CCCCC1)CC2. The fraction of sp³-hybridized carbons (Fsp3) is 0.739. The number of benzene rings is 1. The van der Waals surface area contributed by atoms with E-state index in [1.54, 1.807) is 6.07 Å². The number of nitrogens with zero attached hydrogens (tertiary/aromatic N) is 2. The first-order valence-corrected chi connectivity index (χ1v) is 13.1. The molecule has 0 radical (unpaired) electrons. The largest absolute Gasteiger partial charge is 0.304 e. The molecule has 1 aliphatic carbocycles. The highest BCUT2D eigenvalue weighted by Gasteiger charge is 2.23. The van der Waals surface area contributed by atoms with Crippen molar-refractivity contribution >= 4 is 10.0 Å². The van der Waals surface area contributed by atoms with Gasteiger partial charge in [0.15, 0.2) is 0 Å². The van der Waals surface area contributed by atoms with Crippen LogP contribution in [0.4, 0.5) is 0 Å². The van der Waals surface area contributed by atoms with Crippen LogP contribution in [0.1, 0.15) is 63.5 Å². The third-order valence-corrected chi connectivity index (χ3v) is 8.12. The first-order valence-electron chi connectivity index (χ1n) is 11.6. The van der Waals surface area contributed by atoms with Gasteiger partial charge >= 0.3 is 0 Å². The lowest BCUT2D eigenvalue weighted by Crippen LogP contribution is -2.35. The van der Waals surface area contributed by atoms with E-state index in [1.165, 1.54) is 49.8 Å². The molecule has 2 aliphatic rings. The third kappa shape index (κ3) is 6.51. The van der Waals surface area contributed by atoms with Gasteiger partial charge in [-0.2, -0.15) is 0 Å². The van der Waals surface area contributed by atoms with Gasteiger partial charge in [0.1, 0.15) is 0 Å². The highest BCUT2D eigenvalue weighted by molar-refractivity contribution is 7.89. The Balaban J connectivity index is 1.56. The van der Waals surface area contributed by atoms with Crippen LogP contribution in [0, 0.1) is 5.92 Å². The maximum Gasteiger partial charge on any atom is 0.240 e. The first kappa shape index (κ1) is 22.7. The summed E-state index contributed by atoms with van der Waals surface area (Å²) < 4.78 is 28.3. The summed E-state index contributed by atoms with van der Waals surface area (Å²) in [5.41, 5.74) is 2.50. The van der Waals surface area contributed by atoms with Gasteiger partial charge in [0.2, 0.25) is 10.0 Å². The molecule has 1 heterocycles. The molecule has 1 aromatic rings. The summed E-state index contributed by atoms with van der Waals surface area (Å²) in [4.78, 5) is 5.26. The number of sulfonamides is 1. The second-order valence-corrected chi connectivity index (χ2v) is 10.5. The molecule has 0 atom stereocenters. The van der Waals surface area contributed by atoms with Crippen LogP contribution < -0.4 is 4.72 Å². The van der Waals surface area contributed by atoms with Crippen LogP contribution >= 0.6 is 0 Å². The van der Waals surface area contributed by atoms with Gasteiger partial charge < -0.3 is 4.90 Å². The van der Waals surface area contributed by atoms with E-state index in [-0.39, 0.29) is 0 Å². The summed E-state index contributed by atoms with van der Waals surface area (Å²) in [6, 6.07) is 5.72. The zero-order valence-corrected chi connectivity index (χ0v) is 19.1. The Morgan fingerprint density at radius 2 is 1.86 bits per heavy atom. The van der Waals surface area contributed by atoms with Crippen molar-refractivity contribution in [3.05, 3.63) is 29.3 Å². The molecule has 29 heavy (non-hydrogen) atoms. The van der Waals surface area contributed by atoms with Gasteiger partial charge in [-0.15, -0.1) is 0 Å². The zero-order chi connectivity index (χ0) is 20.7. The van der Waals surface area contributed by atoms with Gasteiger partial charge in [-0.05, 0) is 74.5 Å². The van der Waals surface area contributed by atoms with E-state index in [1.807, 2.05) is 12.1 Å². The fourth-order valence-corrected chi connectivity index (χ4v) is 5.91. The van der Waals surface area contributed by atoms with Crippen molar-refractivity contribution in [1.82, 2.24) is 14.5 Å². The maximum absolute atomic E-state index is 12.8. The van der Waals surface area contributed by atoms with E-state index in [0.717, 1.165) is 51.5 Å². The summed E-state index contributed by atoms with van der Waals surface area (Å²) in [7, 11) is -3.44. The Labute approximate surface area is 177 Å². The van der Waals surface area contributed by atoms with Crippen molar-refractivity contribution in [3.8, 4) is 0 Å². The van der Waals surface area contributed by atoms with Crippen LogP contribution in [-0.2, 0) is 23.0 Å². The Bertz CT molecular complexity index is 740. The molecule has 5 nitrogen and oxygen atoms in total. The third-order valence-electron chi connectivity index (χ3n) is 6.66. The molecule has 1 fully saturated rings. The number of fused-ring (bicyclic) bond motifs is 1. The molecule has 0 unspecified atom stereocenters. The van der Waals surface area contributed by atoms with Gasteiger partial charge in [0.05, 0.1) is 4.90 Å². The average molecular weight is 422 g/mol. The Morgan fingerprint density at radius 1 is 1.10 bits per heavy atom. The van der Waals surface area contributed by atoms with Crippen LogP contribution in [0.3, 0.4) is 0 Å². The van der Waals surface area contributed by atoms with Gasteiger partial charge in [-0.3, -0.25) is 4.90 Å². The molecule has 0 spiro atoms. The number of hydrogen-bond donors (Lipinski definition) is 1. The molecule has 0 bridgehead atoms. The monoisotopic (exact) mass is 421 g/mol. The fourth-order valence-electron chi connectivity index (χ4n) is 4.78. The van der Waals surface area contributed by atoms with Crippen LogP contribution in [0.15, 0.2) is 23.1 Å². The van der Waals surface area contributed by atoms with Gasteiger partial charge in [-0.25, -0.2) is 13.1 Å². The highest BCUT2D eigenvalue weighted by Crippen LogP contribution is 2.28. The molecule has 1 aliphatic heterocycles. The maximum atomic E-state index is 12.8. The van der Waals surface area contributed by atoms with E-state index in [0.29, 0.717) is 11.4 Å². The summed E-state index contributed by atoms with van der Waals surface area (Å²) in [5, 5.41) is 0. The van der Waals surface area contributed by atoms with Crippen molar-refractivity contribution in [2.75, 3.05) is 39.3 Å². The second-order valence-electron chi connectivity index (χ2n) is 8.70. The van der Waals surface area contributed by atoms with Crippen LogP contribution in [0.5, 0.6) is 0 Å². The van der Waals surface area contributed by atoms with Crippen molar-refractivity contribution in [3.63, 3.8) is 0 Å². The Kier molecular flexibility index (Phi) is 8.54. The van der Waals surface area contributed by atoms with Crippen molar-refractivity contribution in [2.45, 2.75) is 70.2 Å². The molecule has 0 aromatic heterocycles. The standard InChI is InChI=1S/C23H39N3O2S/c1-3-25(4-2)15-8-14-24-29(27,28)23-12-11-21-13-16-26(19-22(21)17-23)18-20-9-6-5-7-10-20/h11-12,17,20,24H,3-10,13-16,18-19H2,1-2H3. The summed E-state index contributed by atoms with van der Waals surface area (Å²) in [5.74, 6) is 0.824. The molecule has 1 saturated carbocycles. The molecular formula is C23H39N3O2S. The predicted octanol–water partition coefficient (Wildman–Crippen LogP) is 3.64. The topological polar surface area (TPSA) is 52.7 Å². The lowest BCUT2D eigenvalue weighted by atomic mass is 9.88. The summed E-state index contributed by atoms with van der Waals surface area (Å²) in [6.07, 6.45) is 8.71. The Morgan fingerprint density at radius 3 is 2.59 bits per heavy atom. The first-order chi connectivity index (χ1) is 14.0. The van der Waals surface area contributed by atoms with Crippen molar-refractivity contribution < 1.29 is 8.42 Å². The molecule has 1 N–H and O–H groups in total. The minimum Gasteiger partial charge on any atom is -0.304 e. The molecule has 0 saturated heterocycles. The van der Waals surface area contributed by atoms with Crippen molar-refractivity contribution in [2.24, 2.45) is 5.92 Å². The van der Waals surface area contributed by atoms with Gasteiger partial charge in [0, 0.05) is 26.2 Å². The van der Waals surface area contributed by atoms with Gasteiger partial charge in [0.25, 0.3) is 0 Å². The highest BCUT2D eigenvalue weighted by atomic mass is 32.2. The van der Waals surface area contributed by atoms with Gasteiger partial charge in [-0.1, -0.05) is 39.2 Å². The number of hydrogen-bond acceptors (Lipinski definition) is 4. The van der Waals surface area contributed by atoms with Crippen LogP contribution in [0.2, 0.25) is 0 Å². The lowest BCUT2D eigenvalue weighted by molar-refractivity contribution is 0.187. The smallest absolute Gasteiger partial charge is 0.240 e. The molecular weight excluding hydrogens is 382 g/mol. The predicted molar refractivity (Wildman–Crippen MR) is 120 cm³/mol. The molecule has 1 aromatic carbocycles. The zero-order valence-electron chi connectivity index (χ0n) is 18.3. The second kappa shape index (κ2) is 10.9. The molecule has 0 amide bonds. The van der Waals surface area contributed by atoms with Crippen LogP contribution in [0.25, 0.3) is 0 Å². The molecule has 164 valence electrons. The summed E-state index contributed by atoms with van der Waals surface area (Å²) >= 11 is 0. The average Bonchev–Trinajstić information content (AvgIpc) is 2.74. The lowest BCUT2D eigenvalue weighted by Gasteiger charge is -2.33. The summed E-state index contributed by atoms with van der Waals surface area (Å²) in [6.45, 7) is 10.9. The quantitative estimate of drug-likeness (QED) is 0.586. The number of rotatable bonds is 10. The van der Waals surface area contributed by atoms with Crippen LogP contribution in [-0.4, -0.2) is 57.5 Å². The Hall–Kier alpha value is -0.950. The van der Waals surface area contributed by atoms with E-state index >= 15 is 0 Å². The van der Waals surface area contributed by atoms with Crippen molar-refractivity contribution in [1.29, 1.82) is 0 Å². The molecule has 6 heteroatoms. The normalized spacial score (nSPS) is 18.9. The van der Waals surface area contributed by atoms with E-state index in [9.17, 15) is 8.42 Å². The number of nitrogens with one attached hydrogen (secondary N) is 1.